The zero-order valence-corrected chi connectivity index (χ0v) is 30.9. The van der Waals surface area contributed by atoms with E-state index in [4.69, 9.17) is 18.9 Å². The summed E-state index contributed by atoms with van der Waals surface area (Å²) in [5.41, 5.74) is 0.732. The van der Waals surface area contributed by atoms with Crippen molar-refractivity contribution in [1.82, 2.24) is 0 Å². The SMILES string of the molecule is CC(C)(C)C1C2CC3C(=O)OC1C3C2.CC(C)(C)C1COC(=O)C1.CC(C)(C)C1COC(=O)O1.CCC1(C(C)(C)C)COC(=O)C1. The van der Waals surface area contributed by atoms with Crippen LogP contribution < -0.4 is 0 Å². The Labute approximate surface area is 277 Å². The van der Waals surface area contributed by atoms with Crippen LogP contribution >= 0.6 is 0 Å². The smallest absolute Gasteiger partial charge is 0.465 e. The maximum Gasteiger partial charge on any atom is 0.508 e. The fraction of sp³-hybridized carbons (Fsp3) is 0.892. The van der Waals surface area contributed by atoms with E-state index in [2.05, 4.69) is 74.0 Å². The molecule has 0 aromatic heterocycles. The number of carbonyl (C=O) groups is 4. The molecule has 2 saturated carbocycles. The van der Waals surface area contributed by atoms with Crippen LogP contribution in [-0.2, 0) is 38.1 Å². The van der Waals surface area contributed by atoms with Gasteiger partial charge in [0.1, 0.15) is 18.8 Å². The van der Waals surface area contributed by atoms with E-state index in [1.807, 2.05) is 20.8 Å². The summed E-state index contributed by atoms with van der Waals surface area (Å²) >= 11 is 0. The molecule has 264 valence electrons. The molecular formula is C37H62O9. The van der Waals surface area contributed by atoms with Gasteiger partial charge in [-0.05, 0) is 41.4 Å². The van der Waals surface area contributed by atoms with Crippen molar-refractivity contribution in [1.29, 1.82) is 0 Å². The minimum Gasteiger partial charge on any atom is -0.465 e. The van der Waals surface area contributed by atoms with Crippen LogP contribution in [0.1, 0.15) is 122 Å². The number of cyclic esters (lactones) is 4. The van der Waals surface area contributed by atoms with Crippen molar-refractivity contribution in [3.63, 3.8) is 0 Å². The predicted molar refractivity (Wildman–Crippen MR) is 174 cm³/mol. The van der Waals surface area contributed by atoms with Crippen LogP contribution in [-0.4, -0.2) is 56.1 Å². The monoisotopic (exact) mass is 650 g/mol. The second kappa shape index (κ2) is 13.7. The first kappa shape index (κ1) is 38.1. The molecule has 4 saturated heterocycles. The molecule has 6 aliphatic rings. The van der Waals surface area contributed by atoms with E-state index >= 15 is 0 Å². The molecule has 0 radical (unpaired) electrons. The largest absolute Gasteiger partial charge is 0.508 e. The number of rotatable bonds is 1. The van der Waals surface area contributed by atoms with E-state index in [1.165, 1.54) is 6.42 Å². The van der Waals surface area contributed by atoms with E-state index in [-0.39, 0.29) is 57.7 Å². The minimum absolute atomic E-state index is 0.00778. The molecule has 9 nitrogen and oxygen atoms in total. The summed E-state index contributed by atoms with van der Waals surface area (Å²) in [4.78, 5) is 43.7. The van der Waals surface area contributed by atoms with Gasteiger partial charge in [-0.1, -0.05) is 90.0 Å². The molecule has 4 heterocycles. The fourth-order valence-electron chi connectivity index (χ4n) is 7.81. The molecule has 2 aliphatic carbocycles. The van der Waals surface area contributed by atoms with E-state index in [0.717, 1.165) is 18.8 Å². The second-order valence-corrected chi connectivity index (χ2v) is 18.5. The summed E-state index contributed by atoms with van der Waals surface area (Å²) in [6, 6.07) is 0. The summed E-state index contributed by atoms with van der Waals surface area (Å²) in [5.74, 6) is 2.62. The Hall–Kier alpha value is -2.32. The molecule has 8 atom stereocenters. The Morgan fingerprint density at radius 2 is 1.35 bits per heavy atom. The molecule has 9 heteroatoms. The standard InChI is InChI=1S/C12H18O2.C10H18O2.C8H14O2.C7H12O3/c1-12(2,3)9-6-4-7-8(5-6)11(13)14-10(7)9;1-5-10(9(2,3)4)6-8(11)12-7-10;1-8(2,3)6-4-7(9)10-5-6;1-7(2,3)5-4-9-6(8)10-5/h6-10H,4-5H2,1-3H3;5-7H2,1-4H3;6H,4-5H2,1-3H3;5H,4H2,1-3H3. The Morgan fingerprint density at radius 3 is 1.67 bits per heavy atom. The van der Waals surface area contributed by atoms with Gasteiger partial charge in [-0.2, -0.15) is 0 Å². The Balaban J connectivity index is 0.000000169. The highest BCUT2D eigenvalue weighted by Gasteiger charge is 2.63. The lowest BCUT2D eigenvalue weighted by Crippen LogP contribution is -2.36. The van der Waals surface area contributed by atoms with Crippen molar-refractivity contribution in [2.45, 2.75) is 134 Å². The van der Waals surface area contributed by atoms with E-state index in [9.17, 15) is 19.2 Å². The molecule has 0 aromatic rings. The molecule has 2 bridgehead atoms. The van der Waals surface area contributed by atoms with E-state index < -0.39 is 6.16 Å². The molecule has 0 N–H and O–H groups in total. The van der Waals surface area contributed by atoms with Gasteiger partial charge in [0, 0.05) is 28.6 Å². The highest BCUT2D eigenvalue weighted by molar-refractivity contribution is 5.76. The van der Waals surface area contributed by atoms with Gasteiger partial charge >= 0.3 is 24.1 Å². The summed E-state index contributed by atoms with van der Waals surface area (Å²) < 4.78 is 24.9. The van der Waals surface area contributed by atoms with Gasteiger partial charge in [0.25, 0.3) is 0 Å². The molecular weight excluding hydrogens is 588 g/mol. The van der Waals surface area contributed by atoms with Crippen LogP contribution in [0, 0.1) is 56.7 Å². The van der Waals surface area contributed by atoms with Crippen molar-refractivity contribution in [3.8, 4) is 0 Å². The summed E-state index contributed by atoms with van der Waals surface area (Å²) in [6.45, 7) is 29.6. The first-order valence-electron chi connectivity index (χ1n) is 17.2. The minimum atomic E-state index is -0.542. The number of hydrogen-bond acceptors (Lipinski definition) is 9. The molecule has 0 amide bonds. The molecule has 6 rings (SSSR count). The second-order valence-electron chi connectivity index (χ2n) is 18.5. The summed E-state index contributed by atoms with van der Waals surface area (Å²) in [6.07, 6.45) is 4.18. The van der Waals surface area contributed by atoms with Gasteiger partial charge in [-0.3, -0.25) is 14.4 Å². The first-order chi connectivity index (χ1) is 20.9. The van der Waals surface area contributed by atoms with E-state index in [0.29, 0.717) is 55.8 Å². The first-order valence-corrected chi connectivity index (χ1v) is 17.2. The van der Waals surface area contributed by atoms with Crippen molar-refractivity contribution in [2.75, 3.05) is 19.8 Å². The third-order valence-electron chi connectivity index (χ3n) is 11.4. The van der Waals surface area contributed by atoms with Crippen LogP contribution in [0.3, 0.4) is 0 Å². The van der Waals surface area contributed by atoms with Crippen LogP contribution in [0.2, 0.25) is 0 Å². The normalized spacial score (nSPS) is 34.6. The van der Waals surface area contributed by atoms with Crippen LogP contribution in [0.15, 0.2) is 0 Å². The van der Waals surface area contributed by atoms with Gasteiger partial charge in [0.2, 0.25) is 0 Å². The number of hydrogen-bond donors (Lipinski definition) is 0. The maximum absolute atomic E-state index is 11.5. The Kier molecular flexibility index (Phi) is 11.3. The van der Waals surface area contributed by atoms with Crippen molar-refractivity contribution < 1.29 is 42.9 Å². The maximum atomic E-state index is 11.5. The fourth-order valence-corrected chi connectivity index (χ4v) is 7.81. The van der Waals surface area contributed by atoms with Crippen molar-refractivity contribution >= 4 is 24.1 Å². The summed E-state index contributed by atoms with van der Waals surface area (Å²) in [7, 11) is 0. The molecule has 0 spiro atoms. The van der Waals surface area contributed by atoms with Gasteiger partial charge < -0.3 is 23.7 Å². The van der Waals surface area contributed by atoms with Crippen LogP contribution in [0.5, 0.6) is 0 Å². The van der Waals surface area contributed by atoms with Gasteiger partial charge in [0.05, 0.1) is 32.0 Å². The van der Waals surface area contributed by atoms with Gasteiger partial charge in [-0.15, -0.1) is 0 Å². The van der Waals surface area contributed by atoms with Crippen LogP contribution in [0.4, 0.5) is 4.79 Å². The molecule has 8 unspecified atom stereocenters. The lowest BCUT2D eigenvalue weighted by molar-refractivity contribution is -0.145. The zero-order valence-electron chi connectivity index (χ0n) is 30.9. The average molecular weight is 651 g/mol. The average Bonchev–Trinajstić information content (AvgIpc) is 3.72. The summed E-state index contributed by atoms with van der Waals surface area (Å²) in [5, 5.41) is 0. The quantitative estimate of drug-likeness (QED) is 0.207. The van der Waals surface area contributed by atoms with Crippen LogP contribution in [0.25, 0.3) is 0 Å². The van der Waals surface area contributed by atoms with Gasteiger partial charge in [-0.25, -0.2) is 4.79 Å². The number of ether oxygens (including phenoxy) is 5. The lowest BCUT2D eigenvalue weighted by Gasteiger charge is -2.38. The van der Waals surface area contributed by atoms with E-state index in [1.54, 1.807) is 0 Å². The topological polar surface area (TPSA) is 114 Å². The highest BCUT2D eigenvalue weighted by atomic mass is 16.8. The number of carbonyl (C=O) groups excluding carboxylic acids is 4. The third-order valence-corrected chi connectivity index (χ3v) is 11.4. The molecule has 0 aromatic carbocycles. The molecule has 4 aliphatic heterocycles. The van der Waals surface area contributed by atoms with Gasteiger partial charge in [0.15, 0.2) is 0 Å². The Bertz CT molecular complexity index is 1080. The highest BCUT2D eigenvalue weighted by Crippen LogP contribution is 2.61. The molecule has 6 fully saturated rings. The number of fused-ring (bicyclic) bond motifs is 1. The number of esters is 3. The van der Waals surface area contributed by atoms with Crippen molar-refractivity contribution in [2.24, 2.45) is 56.7 Å². The zero-order chi connectivity index (χ0) is 35.0. The predicted octanol–water partition coefficient (Wildman–Crippen LogP) is 7.77. The van der Waals surface area contributed by atoms with Crippen molar-refractivity contribution in [3.05, 3.63) is 0 Å². The Morgan fingerprint density at radius 1 is 0.717 bits per heavy atom. The lowest BCUT2D eigenvalue weighted by atomic mass is 9.64. The molecule has 46 heavy (non-hydrogen) atoms. The third kappa shape index (κ3) is 8.77.